The molecule has 0 unspecified atom stereocenters. The number of aromatic amines is 1. The van der Waals surface area contributed by atoms with Gasteiger partial charge in [0.1, 0.15) is 5.82 Å². The molecule has 0 amide bonds. The summed E-state index contributed by atoms with van der Waals surface area (Å²) in [6.45, 7) is 1.99. The monoisotopic (exact) mass is 359 g/mol. The van der Waals surface area contributed by atoms with Crippen molar-refractivity contribution in [2.24, 2.45) is 0 Å². The molecule has 0 saturated heterocycles. The summed E-state index contributed by atoms with van der Waals surface area (Å²) in [6, 6.07) is 23.0. The summed E-state index contributed by atoms with van der Waals surface area (Å²) in [5, 5.41) is 0.716. The molecule has 4 heteroatoms. The van der Waals surface area contributed by atoms with Crippen molar-refractivity contribution in [2.45, 2.75) is 13.0 Å². The molecular formula is C22H18ClN3. The lowest BCUT2D eigenvalue weighted by Gasteiger charge is -2.31. The van der Waals surface area contributed by atoms with Crippen molar-refractivity contribution in [3.8, 4) is 11.4 Å². The van der Waals surface area contributed by atoms with Crippen LogP contribution in [0.1, 0.15) is 11.1 Å². The maximum absolute atomic E-state index is 6.09. The number of anilines is 1. The van der Waals surface area contributed by atoms with Gasteiger partial charge in [-0.15, -0.1) is 0 Å². The second-order valence-corrected chi connectivity index (χ2v) is 7.17. The molecule has 0 saturated carbocycles. The number of nitrogens with zero attached hydrogens (tertiary/aromatic N) is 2. The Morgan fingerprint density at radius 1 is 0.923 bits per heavy atom. The maximum atomic E-state index is 6.09. The summed E-state index contributed by atoms with van der Waals surface area (Å²) in [5.41, 5.74) is 7.10. The van der Waals surface area contributed by atoms with E-state index in [9.17, 15) is 0 Å². The highest BCUT2D eigenvalue weighted by molar-refractivity contribution is 6.31. The largest absolute Gasteiger partial charge is 0.367 e. The average molecular weight is 360 g/mol. The van der Waals surface area contributed by atoms with Gasteiger partial charge in [0.25, 0.3) is 0 Å². The number of benzene rings is 3. The van der Waals surface area contributed by atoms with Gasteiger partial charge in [0.15, 0.2) is 0 Å². The standard InChI is InChI=1S/C22H18ClN3/c23-18-8-9-20-21(13-18)25-22(24-20)16-6-3-7-19(12-16)26-11-10-15-4-1-2-5-17(15)14-26/h1-9,12-13H,10-11,14H2,(H,24,25). The van der Waals surface area contributed by atoms with Gasteiger partial charge in [-0.1, -0.05) is 48.0 Å². The number of fused-ring (bicyclic) bond motifs is 2. The van der Waals surface area contributed by atoms with Crippen LogP contribution in [0.15, 0.2) is 66.7 Å². The van der Waals surface area contributed by atoms with Crippen LogP contribution in [0.5, 0.6) is 0 Å². The fourth-order valence-electron chi connectivity index (χ4n) is 3.68. The third-order valence-corrected chi connectivity index (χ3v) is 5.29. The molecule has 3 aromatic carbocycles. The predicted octanol–water partition coefficient (Wildman–Crippen LogP) is 5.45. The van der Waals surface area contributed by atoms with Crippen LogP contribution in [0.25, 0.3) is 22.4 Å². The lowest BCUT2D eigenvalue weighted by molar-refractivity contribution is 0.732. The van der Waals surface area contributed by atoms with E-state index in [2.05, 4.69) is 58.4 Å². The lowest BCUT2D eigenvalue weighted by Crippen LogP contribution is -2.30. The zero-order valence-corrected chi connectivity index (χ0v) is 15.0. The zero-order chi connectivity index (χ0) is 17.5. The van der Waals surface area contributed by atoms with Gasteiger partial charge in [-0.3, -0.25) is 0 Å². The number of imidazole rings is 1. The van der Waals surface area contributed by atoms with E-state index in [1.165, 1.54) is 16.8 Å². The van der Waals surface area contributed by atoms with E-state index in [4.69, 9.17) is 16.6 Å². The number of hydrogen-bond donors (Lipinski definition) is 1. The number of H-pyrrole nitrogens is 1. The van der Waals surface area contributed by atoms with E-state index in [1.54, 1.807) is 0 Å². The van der Waals surface area contributed by atoms with Crippen molar-refractivity contribution in [3.63, 3.8) is 0 Å². The smallest absolute Gasteiger partial charge is 0.138 e. The summed E-state index contributed by atoms with van der Waals surface area (Å²) in [6.07, 6.45) is 1.09. The van der Waals surface area contributed by atoms with Crippen molar-refractivity contribution in [1.82, 2.24) is 9.97 Å². The van der Waals surface area contributed by atoms with Crippen LogP contribution in [0.3, 0.4) is 0 Å². The van der Waals surface area contributed by atoms with E-state index < -0.39 is 0 Å². The highest BCUT2D eigenvalue weighted by Gasteiger charge is 2.17. The second-order valence-electron chi connectivity index (χ2n) is 6.74. The molecule has 0 aliphatic carbocycles. The molecule has 4 aromatic rings. The topological polar surface area (TPSA) is 31.9 Å². The first kappa shape index (κ1) is 15.5. The molecule has 3 nitrogen and oxygen atoms in total. The molecule has 26 heavy (non-hydrogen) atoms. The fourth-order valence-corrected chi connectivity index (χ4v) is 3.86. The molecule has 0 spiro atoms. The van der Waals surface area contributed by atoms with Gasteiger partial charge >= 0.3 is 0 Å². The highest BCUT2D eigenvalue weighted by atomic mass is 35.5. The van der Waals surface area contributed by atoms with E-state index in [0.29, 0.717) is 5.02 Å². The first-order valence-electron chi connectivity index (χ1n) is 8.84. The Kier molecular flexibility index (Phi) is 3.68. The van der Waals surface area contributed by atoms with Crippen LogP contribution in [0.2, 0.25) is 5.02 Å². The van der Waals surface area contributed by atoms with Crippen LogP contribution in [-0.4, -0.2) is 16.5 Å². The summed E-state index contributed by atoms with van der Waals surface area (Å²) in [7, 11) is 0. The highest BCUT2D eigenvalue weighted by Crippen LogP contribution is 2.29. The Morgan fingerprint density at radius 3 is 2.73 bits per heavy atom. The number of halogens is 1. The Bertz CT molecular complexity index is 1100. The van der Waals surface area contributed by atoms with E-state index in [1.807, 2.05) is 18.2 Å². The third-order valence-electron chi connectivity index (χ3n) is 5.06. The van der Waals surface area contributed by atoms with Gasteiger partial charge in [-0.05, 0) is 47.9 Å². The van der Waals surface area contributed by atoms with Crippen LogP contribution in [-0.2, 0) is 13.0 Å². The summed E-state index contributed by atoms with van der Waals surface area (Å²) >= 11 is 6.09. The Labute approximate surface area is 157 Å². The molecule has 0 atom stereocenters. The van der Waals surface area contributed by atoms with Crippen molar-refractivity contribution < 1.29 is 0 Å². The van der Waals surface area contributed by atoms with Gasteiger partial charge in [-0.2, -0.15) is 0 Å². The van der Waals surface area contributed by atoms with E-state index >= 15 is 0 Å². The first-order chi connectivity index (χ1) is 12.8. The molecule has 0 radical (unpaired) electrons. The normalized spacial score (nSPS) is 13.8. The molecular weight excluding hydrogens is 342 g/mol. The van der Waals surface area contributed by atoms with Crippen molar-refractivity contribution in [3.05, 3.63) is 82.9 Å². The fraction of sp³-hybridized carbons (Fsp3) is 0.136. The number of aromatic nitrogens is 2. The van der Waals surface area contributed by atoms with E-state index in [-0.39, 0.29) is 0 Å². The molecule has 0 bridgehead atoms. The summed E-state index contributed by atoms with van der Waals surface area (Å²) in [5.74, 6) is 0.876. The second kappa shape index (κ2) is 6.19. The SMILES string of the molecule is Clc1ccc2nc(-c3cccc(N4CCc5ccccc5C4)c3)[nH]c2c1. The van der Waals surface area contributed by atoms with Crippen molar-refractivity contribution in [1.29, 1.82) is 0 Å². The molecule has 1 aliphatic heterocycles. The molecule has 1 N–H and O–H groups in total. The Balaban J connectivity index is 1.49. The van der Waals surface area contributed by atoms with E-state index in [0.717, 1.165) is 41.9 Å². The molecule has 2 heterocycles. The van der Waals surface area contributed by atoms with Gasteiger partial charge in [-0.25, -0.2) is 4.98 Å². The van der Waals surface area contributed by atoms with Crippen LogP contribution in [0.4, 0.5) is 5.69 Å². The number of nitrogens with one attached hydrogen (secondary N) is 1. The number of hydrogen-bond acceptors (Lipinski definition) is 2. The van der Waals surface area contributed by atoms with Crippen molar-refractivity contribution in [2.75, 3.05) is 11.4 Å². The average Bonchev–Trinajstić information content (AvgIpc) is 3.11. The molecule has 1 aliphatic rings. The Hall–Kier alpha value is -2.78. The first-order valence-corrected chi connectivity index (χ1v) is 9.21. The quantitative estimate of drug-likeness (QED) is 0.516. The van der Waals surface area contributed by atoms with Gasteiger partial charge in [0.2, 0.25) is 0 Å². The maximum Gasteiger partial charge on any atom is 0.138 e. The minimum atomic E-state index is 0.716. The Morgan fingerprint density at radius 2 is 1.81 bits per heavy atom. The minimum absolute atomic E-state index is 0.716. The van der Waals surface area contributed by atoms with Crippen LogP contribution >= 0.6 is 11.6 Å². The zero-order valence-electron chi connectivity index (χ0n) is 14.2. The molecule has 128 valence electrons. The molecule has 5 rings (SSSR count). The van der Waals surface area contributed by atoms with Gasteiger partial charge < -0.3 is 9.88 Å². The third kappa shape index (κ3) is 2.74. The summed E-state index contributed by atoms with van der Waals surface area (Å²) in [4.78, 5) is 10.5. The van der Waals surface area contributed by atoms with Crippen molar-refractivity contribution >= 4 is 28.3 Å². The van der Waals surface area contributed by atoms with Gasteiger partial charge in [0, 0.05) is 29.4 Å². The molecule has 1 aromatic heterocycles. The minimum Gasteiger partial charge on any atom is -0.367 e. The lowest BCUT2D eigenvalue weighted by atomic mass is 9.99. The summed E-state index contributed by atoms with van der Waals surface area (Å²) < 4.78 is 0. The predicted molar refractivity (Wildman–Crippen MR) is 108 cm³/mol. The van der Waals surface area contributed by atoms with Crippen LogP contribution < -0.4 is 4.90 Å². The molecule has 0 fully saturated rings. The number of rotatable bonds is 2. The van der Waals surface area contributed by atoms with Crippen LogP contribution in [0, 0.1) is 0 Å². The van der Waals surface area contributed by atoms with Gasteiger partial charge in [0.05, 0.1) is 11.0 Å².